The molecule has 0 N–H and O–H groups in total. The zero-order valence-electron chi connectivity index (χ0n) is 7.64. The normalized spacial score (nSPS) is 28.8. The van der Waals surface area contributed by atoms with Gasteiger partial charge in [0.05, 0.1) is 12.0 Å². The highest BCUT2D eigenvalue weighted by Crippen LogP contribution is 2.33. The van der Waals surface area contributed by atoms with Gasteiger partial charge in [-0.3, -0.25) is 0 Å². The van der Waals surface area contributed by atoms with Gasteiger partial charge in [-0.2, -0.15) is 0 Å². The van der Waals surface area contributed by atoms with Crippen molar-refractivity contribution in [2.45, 2.75) is 26.2 Å². The van der Waals surface area contributed by atoms with E-state index in [1.165, 1.54) is 0 Å². The predicted molar refractivity (Wildman–Crippen MR) is 48.0 cm³/mol. The molecule has 68 valence electrons. The summed E-state index contributed by atoms with van der Waals surface area (Å²) in [5, 5.41) is 0. The van der Waals surface area contributed by atoms with E-state index in [9.17, 15) is 4.79 Å². The van der Waals surface area contributed by atoms with Gasteiger partial charge >= 0.3 is 0 Å². The molecule has 12 heavy (non-hydrogen) atoms. The van der Waals surface area contributed by atoms with Crippen LogP contribution in [0.25, 0.3) is 0 Å². The molecular weight excluding hydrogens is 152 g/mol. The molecule has 0 bridgehead atoms. The van der Waals surface area contributed by atoms with E-state index in [2.05, 4.69) is 13.5 Å². The Bertz CT molecular complexity index is 178. The molecule has 1 aliphatic rings. The molecule has 0 amide bonds. The zero-order chi connectivity index (χ0) is 9.03. The van der Waals surface area contributed by atoms with Gasteiger partial charge in [-0.05, 0) is 19.3 Å². The first-order valence-electron chi connectivity index (χ1n) is 4.43. The molecule has 1 fully saturated rings. The topological polar surface area (TPSA) is 26.3 Å². The lowest BCUT2D eigenvalue weighted by Crippen LogP contribution is -2.23. The quantitative estimate of drug-likeness (QED) is 0.473. The third-order valence-corrected chi connectivity index (χ3v) is 2.49. The molecular formula is C10H16O2. The van der Waals surface area contributed by atoms with Gasteiger partial charge in [-0.15, -0.1) is 0 Å². The van der Waals surface area contributed by atoms with Gasteiger partial charge < -0.3 is 9.53 Å². The summed E-state index contributed by atoms with van der Waals surface area (Å²) >= 11 is 0. The molecule has 1 unspecified atom stereocenters. The highest BCUT2D eigenvalue weighted by molar-refractivity contribution is 5.60. The van der Waals surface area contributed by atoms with Gasteiger partial charge in [0.25, 0.3) is 0 Å². The molecule has 1 saturated heterocycles. The van der Waals surface area contributed by atoms with Gasteiger partial charge in [-0.1, -0.05) is 19.1 Å². The van der Waals surface area contributed by atoms with Crippen LogP contribution in [0.5, 0.6) is 0 Å². The number of rotatable bonds is 4. The van der Waals surface area contributed by atoms with Crippen molar-refractivity contribution in [2.24, 2.45) is 5.41 Å². The van der Waals surface area contributed by atoms with Crippen molar-refractivity contribution in [3.63, 3.8) is 0 Å². The van der Waals surface area contributed by atoms with Crippen LogP contribution in [-0.4, -0.2) is 19.5 Å². The maximum Gasteiger partial charge on any atom is 0.128 e. The van der Waals surface area contributed by atoms with Gasteiger partial charge in [0.2, 0.25) is 0 Å². The number of hydrogen-bond acceptors (Lipinski definition) is 2. The Morgan fingerprint density at radius 3 is 2.92 bits per heavy atom. The number of aldehydes is 1. The monoisotopic (exact) mass is 168 g/mol. The van der Waals surface area contributed by atoms with E-state index in [0.29, 0.717) is 6.61 Å². The number of hydrogen-bond donors (Lipinski definition) is 0. The molecule has 2 heteroatoms. The maximum absolute atomic E-state index is 10.9. The summed E-state index contributed by atoms with van der Waals surface area (Å²) in [6.07, 6.45) is 3.65. The van der Waals surface area contributed by atoms with Crippen LogP contribution >= 0.6 is 0 Å². The van der Waals surface area contributed by atoms with Gasteiger partial charge in [0, 0.05) is 6.61 Å². The van der Waals surface area contributed by atoms with E-state index in [-0.39, 0.29) is 5.41 Å². The van der Waals surface area contributed by atoms with Crippen molar-refractivity contribution in [2.75, 3.05) is 13.2 Å². The standard InChI is InChI=1S/C10H16O2/c1-3-9(2)6-10(7-11)4-5-12-8-10/h7H,2-6,8H2,1H3. The number of carbonyl (C=O) groups excluding carboxylic acids is 1. The van der Waals surface area contributed by atoms with Gasteiger partial charge in [0.15, 0.2) is 0 Å². The Labute approximate surface area is 73.6 Å². The van der Waals surface area contributed by atoms with Crippen LogP contribution in [0, 0.1) is 5.41 Å². The second-order valence-electron chi connectivity index (χ2n) is 3.56. The predicted octanol–water partition coefficient (Wildman–Crippen LogP) is 1.95. The van der Waals surface area contributed by atoms with E-state index < -0.39 is 0 Å². The second kappa shape index (κ2) is 3.85. The summed E-state index contributed by atoms with van der Waals surface area (Å²) in [5.41, 5.74) is 0.903. The van der Waals surface area contributed by atoms with Crippen LogP contribution in [-0.2, 0) is 9.53 Å². The third kappa shape index (κ3) is 1.95. The minimum Gasteiger partial charge on any atom is -0.380 e. The number of allylic oxidation sites excluding steroid dienone is 1. The van der Waals surface area contributed by atoms with Crippen molar-refractivity contribution >= 4 is 6.29 Å². The fourth-order valence-electron chi connectivity index (χ4n) is 1.52. The van der Waals surface area contributed by atoms with Crippen LogP contribution in [0.2, 0.25) is 0 Å². The minimum absolute atomic E-state index is 0.243. The smallest absolute Gasteiger partial charge is 0.128 e. The minimum atomic E-state index is -0.243. The molecule has 1 heterocycles. The average molecular weight is 168 g/mol. The summed E-state index contributed by atoms with van der Waals surface area (Å²) in [7, 11) is 0. The van der Waals surface area contributed by atoms with Crippen LogP contribution in [0.4, 0.5) is 0 Å². The summed E-state index contributed by atoms with van der Waals surface area (Å²) in [6, 6.07) is 0. The SMILES string of the molecule is C=C(CC)CC1(C=O)CCOC1. The molecule has 0 aromatic rings. The first-order chi connectivity index (χ1) is 5.72. The Kier molecular flexibility index (Phi) is 3.04. The van der Waals surface area contributed by atoms with E-state index in [0.717, 1.165) is 37.7 Å². The highest BCUT2D eigenvalue weighted by atomic mass is 16.5. The van der Waals surface area contributed by atoms with Crippen molar-refractivity contribution in [1.29, 1.82) is 0 Å². The molecule has 0 aliphatic carbocycles. The molecule has 1 atom stereocenters. The van der Waals surface area contributed by atoms with Crippen LogP contribution in [0.3, 0.4) is 0 Å². The van der Waals surface area contributed by atoms with E-state index in [4.69, 9.17) is 4.74 Å². The third-order valence-electron chi connectivity index (χ3n) is 2.49. The lowest BCUT2D eigenvalue weighted by molar-refractivity contribution is -0.116. The van der Waals surface area contributed by atoms with Crippen molar-refractivity contribution in [3.05, 3.63) is 12.2 Å². The van der Waals surface area contributed by atoms with Crippen molar-refractivity contribution in [1.82, 2.24) is 0 Å². The zero-order valence-corrected chi connectivity index (χ0v) is 7.64. The van der Waals surface area contributed by atoms with Gasteiger partial charge in [0.1, 0.15) is 6.29 Å². The number of ether oxygens (including phenoxy) is 1. The Hall–Kier alpha value is -0.630. The molecule has 0 radical (unpaired) electrons. The van der Waals surface area contributed by atoms with Crippen molar-refractivity contribution in [3.8, 4) is 0 Å². The molecule has 0 spiro atoms. The molecule has 0 saturated carbocycles. The lowest BCUT2D eigenvalue weighted by Gasteiger charge is -2.20. The average Bonchev–Trinajstić information content (AvgIpc) is 2.54. The van der Waals surface area contributed by atoms with E-state index in [1.807, 2.05) is 0 Å². The van der Waals surface area contributed by atoms with Gasteiger partial charge in [-0.25, -0.2) is 0 Å². The summed E-state index contributed by atoms with van der Waals surface area (Å²) in [5.74, 6) is 0. The van der Waals surface area contributed by atoms with Crippen LogP contribution in [0.15, 0.2) is 12.2 Å². The van der Waals surface area contributed by atoms with E-state index >= 15 is 0 Å². The fourth-order valence-corrected chi connectivity index (χ4v) is 1.52. The van der Waals surface area contributed by atoms with Crippen molar-refractivity contribution < 1.29 is 9.53 Å². The first kappa shape index (κ1) is 9.46. The molecule has 2 nitrogen and oxygen atoms in total. The first-order valence-corrected chi connectivity index (χ1v) is 4.43. The molecule has 1 aliphatic heterocycles. The fraction of sp³-hybridized carbons (Fsp3) is 0.700. The molecule has 0 aromatic heterocycles. The Morgan fingerprint density at radius 2 is 2.50 bits per heavy atom. The lowest BCUT2D eigenvalue weighted by atomic mass is 9.82. The second-order valence-corrected chi connectivity index (χ2v) is 3.56. The molecule has 1 rings (SSSR count). The molecule has 0 aromatic carbocycles. The Morgan fingerprint density at radius 1 is 1.75 bits per heavy atom. The highest BCUT2D eigenvalue weighted by Gasteiger charge is 2.34. The summed E-state index contributed by atoms with van der Waals surface area (Å²) in [4.78, 5) is 10.9. The van der Waals surface area contributed by atoms with Crippen LogP contribution in [0.1, 0.15) is 26.2 Å². The maximum atomic E-state index is 10.9. The summed E-state index contributed by atoms with van der Waals surface area (Å²) < 4.78 is 5.22. The largest absolute Gasteiger partial charge is 0.380 e. The Balaban J connectivity index is 2.55. The van der Waals surface area contributed by atoms with E-state index in [1.54, 1.807) is 0 Å². The summed E-state index contributed by atoms with van der Waals surface area (Å²) in [6.45, 7) is 7.28. The number of carbonyl (C=O) groups is 1. The van der Waals surface area contributed by atoms with Crippen LogP contribution < -0.4 is 0 Å².